The van der Waals surface area contributed by atoms with Gasteiger partial charge in [0.1, 0.15) is 22.2 Å². The van der Waals surface area contributed by atoms with Crippen LogP contribution >= 0.6 is 11.3 Å². The number of amides is 1. The van der Waals surface area contributed by atoms with E-state index in [1.807, 2.05) is 6.92 Å². The highest BCUT2D eigenvalue weighted by Crippen LogP contribution is 2.31. The molecule has 2 heterocycles. The van der Waals surface area contributed by atoms with Crippen LogP contribution in [0, 0.1) is 0 Å². The van der Waals surface area contributed by atoms with E-state index in [2.05, 4.69) is 10.4 Å². The first-order valence-electron chi connectivity index (χ1n) is 11.5. The first kappa shape index (κ1) is 25.7. The first-order valence-corrected chi connectivity index (χ1v) is 12.3. The number of nitrogens with one attached hydrogen (secondary N) is 1. The predicted octanol–water partition coefficient (Wildman–Crippen LogP) is 4.05. The Morgan fingerprint density at radius 1 is 0.946 bits per heavy atom. The Labute approximate surface area is 216 Å². The molecule has 0 aliphatic heterocycles. The molecule has 0 bridgehead atoms. The minimum absolute atomic E-state index is 0.0310. The first-order chi connectivity index (χ1) is 17.9. The molecule has 0 saturated carbocycles. The average Bonchev–Trinajstić information content (AvgIpc) is 3.33. The lowest BCUT2D eigenvalue weighted by Crippen LogP contribution is -2.26. The van der Waals surface area contributed by atoms with Crippen LogP contribution in [0.4, 0.5) is 5.00 Å². The monoisotopic (exact) mass is 523 g/mol. The number of anilines is 1. The second-order valence-corrected chi connectivity index (χ2v) is 8.46. The van der Waals surface area contributed by atoms with Crippen LogP contribution in [0.1, 0.15) is 24.3 Å². The van der Waals surface area contributed by atoms with Crippen LogP contribution in [0.5, 0.6) is 17.2 Å². The zero-order chi connectivity index (χ0) is 26.4. The van der Waals surface area contributed by atoms with Crippen molar-refractivity contribution < 1.29 is 28.5 Å². The van der Waals surface area contributed by atoms with Gasteiger partial charge in [0, 0.05) is 10.8 Å². The lowest BCUT2D eigenvalue weighted by atomic mass is 10.2. The van der Waals surface area contributed by atoms with Crippen molar-refractivity contribution in [3.8, 4) is 22.9 Å². The summed E-state index contributed by atoms with van der Waals surface area (Å²) in [5, 5.41) is 9.32. The Balaban J connectivity index is 1.67. The molecule has 192 valence electrons. The van der Waals surface area contributed by atoms with Gasteiger partial charge in [-0.05, 0) is 62.4 Å². The summed E-state index contributed by atoms with van der Waals surface area (Å²) in [5.41, 5.74) is -0.108. The van der Waals surface area contributed by atoms with E-state index >= 15 is 0 Å². The van der Waals surface area contributed by atoms with Crippen molar-refractivity contribution in [3.05, 3.63) is 70.0 Å². The van der Waals surface area contributed by atoms with E-state index in [0.29, 0.717) is 34.9 Å². The van der Waals surface area contributed by atoms with Gasteiger partial charge in [0.2, 0.25) is 0 Å². The van der Waals surface area contributed by atoms with Crippen LogP contribution in [-0.4, -0.2) is 48.6 Å². The third kappa shape index (κ3) is 5.72. The number of ether oxygens (including phenoxy) is 4. The summed E-state index contributed by atoms with van der Waals surface area (Å²) < 4.78 is 22.4. The Hall–Kier alpha value is -4.38. The molecule has 10 nitrogen and oxygen atoms in total. The second-order valence-electron chi connectivity index (χ2n) is 7.58. The molecular weight excluding hydrogens is 498 g/mol. The van der Waals surface area contributed by atoms with Crippen molar-refractivity contribution in [2.24, 2.45) is 0 Å². The molecular formula is C26H25N3O7S. The predicted molar refractivity (Wildman–Crippen MR) is 139 cm³/mol. The highest BCUT2D eigenvalue weighted by Gasteiger charge is 2.23. The van der Waals surface area contributed by atoms with Crippen molar-refractivity contribution >= 4 is 39.0 Å². The molecule has 1 amide bonds. The maximum atomic E-state index is 13.5. The van der Waals surface area contributed by atoms with Gasteiger partial charge in [-0.3, -0.25) is 9.59 Å². The van der Waals surface area contributed by atoms with Crippen molar-refractivity contribution in [2.45, 2.75) is 13.8 Å². The lowest BCUT2D eigenvalue weighted by molar-refractivity contribution is -0.118. The molecule has 0 fully saturated rings. The van der Waals surface area contributed by atoms with Gasteiger partial charge >= 0.3 is 5.97 Å². The SMILES string of the molecule is CCOC(=O)c1nn(-c2ccc(OCC)cc2)c(=O)c2c(NC(=O)COc3ccc(OC)cc3)scc12. The zero-order valence-corrected chi connectivity index (χ0v) is 21.3. The highest BCUT2D eigenvalue weighted by atomic mass is 32.1. The van der Waals surface area contributed by atoms with E-state index in [1.54, 1.807) is 67.9 Å². The summed E-state index contributed by atoms with van der Waals surface area (Å²) in [6.07, 6.45) is 0. The van der Waals surface area contributed by atoms with Crippen molar-refractivity contribution in [3.63, 3.8) is 0 Å². The number of rotatable bonds is 10. The summed E-state index contributed by atoms with van der Waals surface area (Å²) >= 11 is 1.11. The molecule has 0 radical (unpaired) electrons. The summed E-state index contributed by atoms with van der Waals surface area (Å²) in [5.74, 6) is 0.633. The number of benzene rings is 2. The Bertz CT molecular complexity index is 1460. The van der Waals surface area contributed by atoms with Gasteiger partial charge in [-0.2, -0.15) is 9.78 Å². The van der Waals surface area contributed by atoms with Crippen LogP contribution in [-0.2, 0) is 9.53 Å². The summed E-state index contributed by atoms with van der Waals surface area (Å²) in [4.78, 5) is 38.9. The van der Waals surface area contributed by atoms with Gasteiger partial charge in [-0.25, -0.2) is 4.79 Å². The van der Waals surface area contributed by atoms with Crippen LogP contribution in [0.15, 0.2) is 58.7 Å². The third-order valence-corrected chi connectivity index (χ3v) is 6.09. The molecule has 1 N–H and O–H groups in total. The number of methoxy groups -OCH3 is 1. The van der Waals surface area contributed by atoms with E-state index in [1.165, 1.54) is 0 Å². The molecule has 2 aromatic carbocycles. The highest BCUT2D eigenvalue weighted by molar-refractivity contribution is 7.16. The standard InChI is InChI=1S/C26H25N3O7S/c1-4-34-18-8-6-16(7-9-18)29-25(31)22-20(23(28-29)26(32)35-5-2)15-37-24(22)27-21(30)14-36-19-12-10-17(33-3)11-13-19/h6-13,15H,4-5,14H2,1-3H3,(H,27,30). The number of fused-ring (bicyclic) bond motifs is 1. The number of hydrogen-bond acceptors (Lipinski definition) is 9. The fraction of sp³-hybridized carbons (Fsp3) is 0.231. The van der Waals surface area contributed by atoms with Crippen molar-refractivity contribution in [1.82, 2.24) is 9.78 Å². The number of nitrogens with zero attached hydrogens (tertiary/aromatic N) is 2. The molecule has 37 heavy (non-hydrogen) atoms. The largest absolute Gasteiger partial charge is 0.497 e. The number of carbonyl (C=O) groups is 2. The van der Waals surface area contributed by atoms with Gasteiger partial charge in [0.15, 0.2) is 12.3 Å². The van der Waals surface area contributed by atoms with Gasteiger partial charge in [0.05, 0.1) is 31.4 Å². The van der Waals surface area contributed by atoms with Crippen LogP contribution < -0.4 is 25.1 Å². The van der Waals surface area contributed by atoms with Crippen molar-refractivity contribution in [2.75, 3.05) is 32.2 Å². The molecule has 11 heteroatoms. The number of aromatic nitrogens is 2. The fourth-order valence-electron chi connectivity index (χ4n) is 3.50. The third-order valence-electron chi connectivity index (χ3n) is 5.20. The minimum atomic E-state index is -0.675. The van der Waals surface area contributed by atoms with Crippen molar-refractivity contribution in [1.29, 1.82) is 0 Å². The number of hydrogen-bond donors (Lipinski definition) is 1. The van der Waals surface area contributed by atoms with Crippen LogP contribution in [0.2, 0.25) is 0 Å². The normalized spacial score (nSPS) is 10.7. The summed E-state index contributed by atoms with van der Waals surface area (Å²) in [7, 11) is 1.56. The summed E-state index contributed by atoms with van der Waals surface area (Å²) in [6, 6.07) is 13.5. The topological polar surface area (TPSA) is 118 Å². The molecule has 0 saturated heterocycles. The number of thiophene rings is 1. The Morgan fingerprint density at radius 3 is 2.24 bits per heavy atom. The molecule has 4 aromatic rings. The molecule has 0 aliphatic carbocycles. The number of carbonyl (C=O) groups excluding carboxylic acids is 2. The zero-order valence-electron chi connectivity index (χ0n) is 20.5. The molecule has 0 unspecified atom stereocenters. The molecule has 2 aromatic heterocycles. The van der Waals surface area contributed by atoms with Crippen LogP contribution in [0.25, 0.3) is 16.5 Å². The maximum Gasteiger partial charge on any atom is 0.359 e. The molecule has 0 aliphatic rings. The lowest BCUT2D eigenvalue weighted by Gasteiger charge is -2.11. The van der Waals surface area contributed by atoms with E-state index in [0.717, 1.165) is 16.0 Å². The second kappa shape index (κ2) is 11.6. The Kier molecular flexibility index (Phi) is 8.04. The molecule has 0 spiro atoms. The Morgan fingerprint density at radius 2 is 1.59 bits per heavy atom. The average molecular weight is 524 g/mol. The van der Waals surface area contributed by atoms with E-state index < -0.39 is 17.4 Å². The van der Waals surface area contributed by atoms with Gasteiger partial charge in [-0.1, -0.05) is 0 Å². The van der Waals surface area contributed by atoms with Gasteiger partial charge < -0.3 is 24.3 Å². The van der Waals surface area contributed by atoms with E-state index in [9.17, 15) is 14.4 Å². The van der Waals surface area contributed by atoms with E-state index in [-0.39, 0.29) is 29.3 Å². The van der Waals surface area contributed by atoms with Gasteiger partial charge in [0.25, 0.3) is 11.5 Å². The van der Waals surface area contributed by atoms with Gasteiger partial charge in [-0.15, -0.1) is 11.3 Å². The maximum absolute atomic E-state index is 13.5. The molecule has 0 atom stereocenters. The van der Waals surface area contributed by atoms with E-state index in [4.69, 9.17) is 18.9 Å². The summed E-state index contributed by atoms with van der Waals surface area (Å²) in [6.45, 7) is 3.90. The number of esters is 1. The molecule has 4 rings (SSSR count). The van der Waals surface area contributed by atoms with Crippen LogP contribution in [0.3, 0.4) is 0 Å². The minimum Gasteiger partial charge on any atom is -0.497 e. The smallest absolute Gasteiger partial charge is 0.359 e. The fourth-order valence-corrected chi connectivity index (χ4v) is 4.45. The quantitative estimate of drug-likeness (QED) is 0.309.